The normalized spacial score (nSPS) is 17.7. The average molecular weight is 295 g/mol. The molecule has 0 amide bonds. The molecule has 0 radical (unpaired) electrons. The number of benzene rings is 2. The van der Waals surface area contributed by atoms with Gasteiger partial charge >= 0.3 is 0 Å². The predicted octanol–water partition coefficient (Wildman–Crippen LogP) is 3.97. The SMILES string of the molecule is CC1(C)Cc2c(F)cccc2C(=CC(=O)c2ccccc2)N1. The van der Waals surface area contributed by atoms with Crippen LogP contribution in [0.3, 0.4) is 0 Å². The molecule has 0 aromatic heterocycles. The maximum absolute atomic E-state index is 14.1. The molecule has 3 rings (SSSR count). The lowest BCUT2D eigenvalue weighted by Gasteiger charge is -2.35. The fourth-order valence-corrected chi connectivity index (χ4v) is 2.84. The van der Waals surface area contributed by atoms with Gasteiger partial charge in [0.2, 0.25) is 0 Å². The zero-order valence-electron chi connectivity index (χ0n) is 12.7. The van der Waals surface area contributed by atoms with Crippen molar-refractivity contribution in [1.29, 1.82) is 0 Å². The summed E-state index contributed by atoms with van der Waals surface area (Å²) >= 11 is 0. The van der Waals surface area contributed by atoms with Gasteiger partial charge in [0, 0.05) is 28.4 Å². The molecular weight excluding hydrogens is 277 g/mol. The lowest BCUT2D eigenvalue weighted by molar-refractivity contribution is 0.104. The van der Waals surface area contributed by atoms with Gasteiger partial charge in [0.05, 0.1) is 0 Å². The Hall–Kier alpha value is -2.42. The van der Waals surface area contributed by atoms with Crippen LogP contribution in [0.2, 0.25) is 0 Å². The molecule has 0 spiro atoms. The summed E-state index contributed by atoms with van der Waals surface area (Å²) < 4.78 is 14.1. The van der Waals surface area contributed by atoms with E-state index in [9.17, 15) is 9.18 Å². The molecule has 2 nitrogen and oxygen atoms in total. The van der Waals surface area contributed by atoms with Crippen molar-refractivity contribution in [1.82, 2.24) is 5.32 Å². The van der Waals surface area contributed by atoms with E-state index in [1.807, 2.05) is 38.1 Å². The van der Waals surface area contributed by atoms with Crippen LogP contribution < -0.4 is 5.32 Å². The van der Waals surface area contributed by atoms with Crippen LogP contribution in [-0.2, 0) is 6.42 Å². The van der Waals surface area contributed by atoms with Gasteiger partial charge in [-0.15, -0.1) is 0 Å². The molecule has 1 heterocycles. The van der Waals surface area contributed by atoms with E-state index in [1.165, 1.54) is 6.07 Å². The maximum Gasteiger partial charge on any atom is 0.187 e. The Balaban J connectivity index is 2.06. The van der Waals surface area contributed by atoms with E-state index < -0.39 is 0 Å². The highest BCUT2D eigenvalue weighted by Crippen LogP contribution is 2.31. The second kappa shape index (κ2) is 5.41. The van der Waals surface area contributed by atoms with Crippen LogP contribution in [0.25, 0.3) is 5.70 Å². The summed E-state index contributed by atoms with van der Waals surface area (Å²) in [4.78, 5) is 12.4. The minimum Gasteiger partial charge on any atom is -0.379 e. The van der Waals surface area contributed by atoms with Crippen molar-refractivity contribution in [2.75, 3.05) is 0 Å². The average Bonchev–Trinajstić information content (AvgIpc) is 2.48. The monoisotopic (exact) mass is 295 g/mol. The van der Waals surface area contributed by atoms with E-state index in [2.05, 4.69) is 5.32 Å². The van der Waals surface area contributed by atoms with Gasteiger partial charge in [-0.05, 0) is 31.9 Å². The predicted molar refractivity (Wildman–Crippen MR) is 86.1 cm³/mol. The van der Waals surface area contributed by atoms with Crippen molar-refractivity contribution in [3.05, 3.63) is 77.1 Å². The standard InChI is InChI=1S/C19H18FNO/c1-19(2)12-15-14(9-6-10-16(15)20)17(21-19)11-18(22)13-7-4-3-5-8-13/h3-11,21H,12H2,1-2H3. The van der Waals surface area contributed by atoms with Gasteiger partial charge in [0.1, 0.15) is 5.82 Å². The van der Waals surface area contributed by atoms with E-state index in [4.69, 9.17) is 0 Å². The smallest absolute Gasteiger partial charge is 0.187 e. The Labute approximate surface area is 129 Å². The van der Waals surface area contributed by atoms with Crippen molar-refractivity contribution in [2.45, 2.75) is 25.8 Å². The highest BCUT2D eigenvalue weighted by molar-refractivity contribution is 6.08. The Morgan fingerprint density at radius 2 is 1.86 bits per heavy atom. The molecule has 0 saturated heterocycles. The third-order valence-corrected chi connectivity index (χ3v) is 3.83. The number of allylic oxidation sites excluding steroid dienone is 1. The van der Waals surface area contributed by atoms with Gasteiger partial charge in [-0.25, -0.2) is 4.39 Å². The van der Waals surface area contributed by atoms with Gasteiger partial charge in [-0.1, -0.05) is 42.5 Å². The summed E-state index contributed by atoms with van der Waals surface area (Å²) in [7, 11) is 0. The van der Waals surface area contributed by atoms with Crippen LogP contribution >= 0.6 is 0 Å². The minimum absolute atomic E-state index is 0.0870. The van der Waals surface area contributed by atoms with Gasteiger partial charge < -0.3 is 5.32 Å². The van der Waals surface area contributed by atoms with Crippen LogP contribution in [0.15, 0.2) is 54.6 Å². The van der Waals surface area contributed by atoms with E-state index in [1.54, 1.807) is 24.3 Å². The van der Waals surface area contributed by atoms with Crippen molar-refractivity contribution >= 4 is 11.5 Å². The molecule has 0 unspecified atom stereocenters. The molecule has 112 valence electrons. The third kappa shape index (κ3) is 2.80. The molecular formula is C19H18FNO. The summed E-state index contributed by atoms with van der Waals surface area (Å²) in [5.74, 6) is -0.304. The number of carbonyl (C=O) groups excluding carboxylic acids is 1. The number of hydrogen-bond donors (Lipinski definition) is 1. The van der Waals surface area contributed by atoms with E-state index >= 15 is 0 Å². The number of hydrogen-bond acceptors (Lipinski definition) is 2. The van der Waals surface area contributed by atoms with Gasteiger partial charge in [0.15, 0.2) is 5.78 Å². The van der Waals surface area contributed by atoms with Crippen molar-refractivity contribution in [3.63, 3.8) is 0 Å². The molecule has 1 aliphatic heterocycles. The molecule has 3 heteroatoms. The first-order chi connectivity index (χ1) is 10.5. The first-order valence-corrected chi connectivity index (χ1v) is 7.33. The van der Waals surface area contributed by atoms with Crippen LogP contribution in [0.1, 0.15) is 35.3 Å². The van der Waals surface area contributed by atoms with E-state index in [0.29, 0.717) is 23.2 Å². The quantitative estimate of drug-likeness (QED) is 0.671. The first kappa shape index (κ1) is 14.5. The van der Waals surface area contributed by atoms with Crippen LogP contribution in [0.4, 0.5) is 4.39 Å². The number of halogens is 1. The number of ketones is 1. The number of carbonyl (C=O) groups is 1. The second-order valence-corrected chi connectivity index (χ2v) is 6.24. The molecule has 0 atom stereocenters. The maximum atomic E-state index is 14.1. The second-order valence-electron chi connectivity index (χ2n) is 6.24. The van der Waals surface area contributed by atoms with E-state index in [-0.39, 0.29) is 17.1 Å². The molecule has 1 N–H and O–H groups in total. The molecule has 0 saturated carbocycles. The van der Waals surface area contributed by atoms with Gasteiger partial charge in [0.25, 0.3) is 0 Å². The molecule has 0 fully saturated rings. The van der Waals surface area contributed by atoms with Gasteiger partial charge in [-0.2, -0.15) is 0 Å². The lowest BCUT2D eigenvalue weighted by Crippen LogP contribution is -2.44. The Bertz CT molecular complexity index is 747. The zero-order valence-corrected chi connectivity index (χ0v) is 12.7. The first-order valence-electron chi connectivity index (χ1n) is 7.33. The molecule has 22 heavy (non-hydrogen) atoms. The highest BCUT2D eigenvalue weighted by atomic mass is 19.1. The summed E-state index contributed by atoms with van der Waals surface area (Å²) in [6.07, 6.45) is 2.15. The molecule has 2 aromatic carbocycles. The molecule has 2 aromatic rings. The van der Waals surface area contributed by atoms with Crippen molar-refractivity contribution < 1.29 is 9.18 Å². The fraction of sp³-hybridized carbons (Fsp3) is 0.211. The number of rotatable bonds is 2. The van der Waals surface area contributed by atoms with E-state index in [0.717, 1.165) is 5.56 Å². The summed E-state index contributed by atoms with van der Waals surface area (Å²) in [6.45, 7) is 4.01. The molecule has 1 aliphatic rings. The highest BCUT2D eigenvalue weighted by Gasteiger charge is 2.29. The van der Waals surface area contributed by atoms with Gasteiger partial charge in [-0.3, -0.25) is 4.79 Å². The Kier molecular flexibility index (Phi) is 3.57. The Morgan fingerprint density at radius 3 is 2.59 bits per heavy atom. The Morgan fingerprint density at radius 1 is 1.14 bits per heavy atom. The van der Waals surface area contributed by atoms with Crippen LogP contribution in [0.5, 0.6) is 0 Å². The molecule has 0 aliphatic carbocycles. The third-order valence-electron chi connectivity index (χ3n) is 3.83. The van der Waals surface area contributed by atoms with Crippen LogP contribution in [-0.4, -0.2) is 11.3 Å². The largest absolute Gasteiger partial charge is 0.379 e. The topological polar surface area (TPSA) is 29.1 Å². The summed E-state index contributed by atoms with van der Waals surface area (Å²) in [5.41, 5.74) is 2.44. The zero-order chi connectivity index (χ0) is 15.7. The number of nitrogens with one attached hydrogen (secondary N) is 1. The fourth-order valence-electron chi connectivity index (χ4n) is 2.84. The van der Waals surface area contributed by atoms with Crippen molar-refractivity contribution in [2.24, 2.45) is 0 Å². The minimum atomic E-state index is -0.294. The summed E-state index contributed by atoms with van der Waals surface area (Å²) in [5, 5.41) is 3.35. The number of fused-ring (bicyclic) bond motifs is 1. The molecule has 0 bridgehead atoms. The lowest BCUT2D eigenvalue weighted by atomic mass is 9.85. The van der Waals surface area contributed by atoms with Crippen LogP contribution in [0, 0.1) is 5.82 Å². The summed E-state index contributed by atoms with van der Waals surface area (Å²) in [6, 6.07) is 14.1. The van der Waals surface area contributed by atoms with Crippen molar-refractivity contribution in [3.8, 4) is 0 Å².